The van der Waals surface area contributed by atoms with Crippen molar-refractivity contribution < 1.29 is 32.3 Å². The van der Waals surface area contributed by atoms with Crippen LogP contribution < -0.4 is 15.4 Å². The first-order valence-electron chi connectivity index (χ1n) is 10.4. The van der Waals surface area contributed by atoms with Gasteiger partial charge in [0.15, 0.2) is 0 Å². The van der Waals surface area contributed by atoms with E-state index in [4.69, 9.17) is 4.74 Å². The van der Waals surface area contributed by atoms with Crippen molar-refractivity contribution in [3.05, 3.63) is 35.4 Å². The van der Waals surface area contributed by atoms with Crippen LogP contribution in [0, 0.1) is 0 Å². The summed E-state index contributed by atoms with van der Waals surface area (Å²) in [5.74, 6) is -1.39. The van der Waals surface area contributed by atoms with E-state index in [1.54, 1.807) is 45.0 Å². The predicted molar refractivity (Wildman–Crippen MR) is 114 cm³/mol. The van der Waals surface area contributed by atoms with Gasteiger partial charge in [0.25, 0.3) is 22.0 Å². The number of hydrogen-bond acceptors (Lipinski definition) is 7. The van der Waals surface area contributed by atoms with Crippen LogP contribution in [0.25, 0.3) is 0 Å². The Kier molecular flexibility index (Phi) is 5.66. The summed E-state index contributed by atoms with van der Waals surface area (Å²) in [5.41, 5.74) is -0.179. The van der Waals surface area contributed by atoms with Crippen LogP contribution in [0.2, 0.25) is 0 Å². The molecule has 2 saturated heterocycles. The average molecular weight is 480 g/mol. The molecule has 3 heterocycles. The number of nitrogens with one attached hydrogen (secondary N) is 3. The summed E-state index contributed by atoms with van der Waals surface area (Å²) < 4.78 is 33.9. The summed E-state index contributed by atoms with van der Waals surface area (Å²) in [6, 6.07) is 4.11. The van der Waals surface area contributed by atoms with E-state index in [1.165, 1.54) is 0 Å². The Labute approximate surface area is 190 Å². The smallest absolute Gasteiger partial charge is 0.408 e. The summed E-state index contributed by atoms with van der Waals surface area (Å²) in [5, 5.41) is 5.03. The molecule has 0 aliphatic carbocycles. The molecule has 2 fully saturated rings. The van der Waals surface area contributed by atoms with Crippen LogP contribution in [0.1, 0.15) is 41.5 Å². The Morgan fingerprint density at radius 2 is 1.73 bits per heavy atom. The molecule has 0 unspecified atom stereocenters. The molecule has 13 heteroatoms. The van der Waals surface area contributed by atoms with E-state index in [2.05, 4.69) is 15.4 Å². The van der Waals surface area contributed by atoms with Crippen LogP contribution in [-0.2, 0) is 19.7 Å². The highest BCUT2D eigenvalue weighted by atomic mass is 32.2. The molecule has 3 aliphatic heterocycles. The zero-order valence-electron chi connectivity index (χ0n) is 18.3. The molecule has 0 radical (unpaired) electrons. The van der Waals surface area contributed by atoms with Crippen molar-refractivity contribution >= 4 is 34.0 Å². The van der Waals surface area contributed by atoms with Crippen molar-refractivity contribution in [3.8, 4) is 0 Å². The number of carbonyl (C=O) groups is 4. The van der Waals surface area contributed by atoms with Gasteiger partial charge in [-0.1, -0.05) is 12.1 Å². The second kappa shape index (κ2) is 8.08. The number of β-lactam (4-membered cyclic amide) rings is 1. The predicted octanol–water partition coefficient (Wildman–Crippen LogP) is -0.807. The molecule has 3 aliphatic rings. The lowest BCUT2D eigenvalue weighted by atomic mass is 9.99. The van der Waals surface area contributed by atoms with Crippen LogP contribution >= 0.6 is 0 Å². The zero-order chi connectivity index (χ0) is 24.1. The van der Waals surface area contributed by atoms with Gasteiger partial charge in [-0.3, -0.25) is 19.3 Å². The van der Waals surface area contributed by atoms with Crippen LogP contribution in [0.4, 0.5) is 4.79 Å². The summed E-state index contributed by atoms with van der Waals surface area (Å²) in [6.45, 7) is 4.81. The van der Waals surface area contributed by atoms with E-state index >= 15 is 0 Å². The maximum Gasteiger partial charge on any atom is 0.408 e. The van der Waals surface area contributed by atoms with Crippen LogP contribution in [-0.4, -0.2) is 84.8 Å². The summed E-state index contributed by atoms with van der Waals surface area (Å²) in [4.78, 5) is 50.1. The molecular formula is C20H25N5O7S. The van der Waals surface area contributed by atoms with Gasteiger partial charge in [-0.05, 0) is 32.9 Å². The first-order valence-corrected chi connectivity index (χ1v) is 11.8. The van der Waals surface area contributed by atoms with E-state index in [1.807, 2.05) is 0 Å². The average Bonchev–Trinajstić information content (AvgIpc) is 3.12. The maximum atomic E-state index is 12.6. The Morgan fingerprint density at radius 3 is 2.27 bits per heavy atom. The summed E-state index contributed by atoms with van der Waals surface area (Å²) in [7, 11) is -3.91. The van der Waals surface area contributed by atoms with Crippen LogP contribution in [0.15, 0.2) is 24.3 Å². The van der Waals surface area contributed by atoms with E-state index in [0.29, 0.717) is 0 Å². The molecule has 0 aromatic heterocycles. The van der Waals surface area contributed by atoms with Gasteiger partial charge in [0.05, 0.1) is 23.2 Å². The normalized spacial score (nSPS) is 26.6. The van der Waals surface area contributed by atoms with Crippen molar-refractivity contribution in [1.29, 1.82) is 0 Å². The van der Waals surface area contributed by atoms with Gasteiger partial charge in [-0.15, -0.1) is 0 Å². The Bertz CT molecular complexity index is 1090. The number of hydrogen-bond donors (Lipinski definition) is 3. The third-order valence-corrected chi connectivity index (χ3v) is 7.05. The molecule has 0 bridgehead atoms. The number of amides is 4. The highest BCUT2D eigenvalue weighted by Crippen LogP contribution is 2.24. The fraction of sp³-hybridized carbons (Fsp3) is 0.500. The van der Waals surface area contributed by atoms with Gasteiger partial charge >= 0.3 is 6.09 Å². The molecule has 4 amide bonds. The van der Waals surface area contributed by atoms with Gasteiger partial charge in [0.1, 0.15) is 11.6 Å². The molecule has 0 spiro atoms. The standard InChI is InChI=1S/C20H25N5O7S/c1-20(2,3)32-19(29)22-15-14(21-16(15)26)10-24-8-11(23-33(24,30)31)9-25-17(27)12-6-4-5-7-13(12)18(25)28/h4-7,11,14-15,23H,8-10H2,1-3H3,(H,21,26)(H,22,29)/t11-,14+,15-/m0/s1. The van der Waals surface area contributed by atoms with Crippen LogP contribution in [0.3, 0.4) is 0 Å². The number of carbonyl (C=O) groups excluding carboxylic acids is 4. The lowest BCUT2D eigenvalue weighted by Gasteiger charge is -2.38. The Morgan fingerprint density at radius 1 is 1.12 bits per heavy atom. The van der Waals surface area contributed by atoms with E-state index < -0.39 is 57.8 Å². The van der Waals surface area contributed by atoms with Gasteiger partial charge < -0.3 is 15.4 Å². The van der Waals surface area contributed by atoms with Crippen molar-refractivity contribution in [2.45, 2.75) is 44.5 Å². The van der Waals surface area contributed by atoms with Crippen LogP contribution in [0.5, 0.6) is 0 Å². The molecule has 4 rings (SSSR count). The lowest BCUT2D eigenvalue weighted by molar-refractivity contribution is -0.131. The summed E-state index contributed by atoms with van der Waals surface area (Å²) >= 11 is 0. The van der Waals surface area contributed by atoms with Gasteiger partial charge in [0.2, 0.25) is 5.91 Å². The molecule has 33 heavy (non-hydrogen) atoms. The first-order chi connectivity index (χ1) is 15.4. The quantitative estimate of drug-likeness (QED) is 0.369. The highest BCUT2D eigenvalue weighted by Gasteiger charge is 2.47. The number of ether oxygens (including phenoxy) is 1. The minimum absolute atomic E-state index is 0.0126. The molecule has 1 aromatic carbocycles. The Hall–Kier alpha value is -3.03. The number of fused-ring (bicyclic) bond motifs is 1. The maximum absolute atomic E-state index is 12.6. The second-order valence-corrected chi connectivity index (χ2v) is 10.8. The third-order valence-electron chi connectivity index (χ3n) is 5.45. The molecule has 3 atom stereocenters. The number of alkyl carbamates (subject to hydrolysis) is 1. The first kappa shape index (κ1) is 23.1. The highest BCUT2D eigenvalue weighted by molar-refractivity contribution is 7.87. The monoisotopic (exact) mass is 479 g/mol. The minimum atomic E-state index is -3.91. The molecule has 178 valence electrons. The molecule has 0 saturated carbocycles. The second-order valence-electron chi connectivity index (χ2n) is 9.14. The lowest BCUT2D eigenvalue weighted by Crippen LogP contribution is -2.72. The number of benzene rings is 1. The Balaban J connectivity index is 1.37. The zero-order valence-corrected chi connectivity index (χ0v) is 19.1. The fourth-order valence-electron chi connectivity index (χ4n) is 3.97. The molecular weight excluding hydrogens is 454 g/mol. The van der Waals surface area contributed by atoms with E-state index in [-0.39, 0.29) is 30.8 Å². The van der Waals surface area contributed by atoms with E-state index in [9.17, 15) is 27.6 Å². The van der Waals surface area contributed by atoms with Crippen molar-refractivity contribution in [3.63, 3.8) is 0 Å². The largest absolute Gasteiger partial charge is 0.444 e. The van der Waals surface area contributed by atoms with Crippen molar-refractivity contribution in [1.82, 2.24) is 24.6 Å². The van der Waals surface area contributed by atoms with E-state index in [0.717, 1.165) is 9.21 Å². The topological polar surface area (TPSA) is 154 Å². The van der Waals surface area contributed by atoms with Gasteiger partial charge in [0, 0.05) is 19.6 Å². The third kappa shape index (κ3) is 4.56. The minimum Gasteiger partial charge on any atom is -0.444 e. The van der Waals surface area contributed by atoms with Crippen molar-refractivity contribution in [2.24, 2.45) is 0 Å². The molecule has 1 aromatic rings. The number of imide groups is 1. The van der Waals surface area contributed by atoms with Gasteiger partial charge in [-0.25, -0.2) is 4.79 Å². The fourth-order valence-corrected chi connectivity index (χ4v) is 5.43. The van der Waals surface area contributed by atoms with Crippen molar-refractivity contribution in [2.75, 3.05) is 19.6 Å². The number of nitrogens with zero attached hydrogens (tertiary/aromatic N) is 2. The molecule has 12 nitrogen and oxygen atoms in total. The number of rotatable bonds is 5. The SMILES string of the molecule is CC(C)(C)OC(=O)N[C@@H]1C(=O)N[C@@H]1CN1C[C@@H](CN2C(=O)c3ccccc3C2=O)NS1(=O)=O. The summed E-state index contributed by atoms with van der Waals surface area (Å²) in [6.07, 6.45) is -0.779. The molecule has 3 N–H and O–H groups in total. The van der Waals surface area contributed by atoms with Gasteiger partial charge in [-0.2, -0.15) is 17.4 Å².